The lowest BCUT2D eigenvalue weighted by atomic mass is 9.87. The highest BCUT2D eigenvalue weighted by Gasteiger charge is 2.23. The van der Waals surface area contributed by atoms with Gasteiger partial charge in [-0.3, -0.25) is 4.79 Å². The van der Waals surface area contributed by atoms with Crippen molar-refractivity contribution < 1.29 is 14.3 Å². The predicted molar refractivity (Wildman–Crippen MR) is 100 cm³/mol. The van der Waals surface area contributed by atoms with Crippen LogP contribution in [0, 0.1) is 12.8 Å². The van der Waals surface area contributed by atoms with Gasteiger partial charge >= 0.3 is 5.97 Å². The number of para-hydroxylation sites is 1. The monoisotopic (exact) mass is 357 g/mol. The number of hydrogen-bond donors (Lipinski definition) is 1. The number of carbonyl (C=O) groups excluding carboxylic acids is 2. The number of thiophene rings is 1. The molecule has 0 bridgehead atoms. The highest BCUT2D eigenvalue weighted by molar-refractivity contribution is 7.14. The summed E-state index contributed by atoms with van der Waals surface area (Å²) in [6.07, 6.45) is 4.45. The minimum absolute atomic E-state index is 0.271. The third-order valence-corrected chi connectivity index (χ3v) is 5.93. The molecule has 1 heterocycles. The average molecular weight is 357 g/mol. The van der Waals surface area contributed by atoms with Gasteiger partial charge in [-0.1, -0.05) is 31.5 Å². The van der Waals surface area contributed by atoms with Crippen LogP contribution in [-0.4, -0.2) is 18.5 Å². The number of anilines is 1. The van der Waals surface area contributed by atoms with Gasteiger partial charge in [0.25, 0.3) is 5.91 Å². The van der Waals surface area contributed by atoms with Gasteiger partial charge in [-0.2, -0.15) is 0 Å². The number of amides is 1. The molecule has 0 saturated heterocycles. The fourth-order valence-corrected chi connectivity index (χ4v) is 4.25. The second-order valence-electron chi connectivity index (χ2n) is 6.52. The zero-order chi connectivity index (χ0) is 17.8. The van der Waals surface area contributed by atoms with Gasteiger partial charge in [0.2, 0.25) is 0 Å². The number of hydrogen-bond acceptors (Lipinski definition) is 4. The quantitative estimate of drug-likeness (QED) is 0.809. The fourth-order valence-electron chi connectivity index (χ4n) is 3.15. The van der Waals surface area contributed by atoms with Gasteiger partial charge in [-0.15, -0.1) is 11.3 Å². The van der Waals surface area contributed by atoms with Crippen LogP contribution < -0.4 is 5.32 Å². The van der Waals surface area contributed by atoms with E-state index in [1.807, 2.05) is 37.3 Å². The van der Waals surface area contributed by atoms with Crippen LogP contribution in [0.2, 0.25) is 0 Å². The standard InChI is InChI=1S/C20H23NO3S/c1-3-14-8-9-17-15(10-14)11-18(25-17)20(23)24-12-19(22)21-16-7-5-4-6-13(16)2/h4-7,11,14H,3,8-10,12H2,1-2H3,(H,21,22)/t14-/m0/s1. The van der Waals surface area contributed by atoms with Crippen LogP contribution in [-0.2, 0) is 22.4 Å². The Hall–Kier alpha value is -2.14. The lowest BCUT2D eigenvalue weighted by Crippen LogP contribution is -2.21. The number of fused-ring (bicyclic) bond motifs is 1. The normalized spacial score (nSPS) is 16.2. The number of esters is 1. The second kappa shape index (κ2) is 7.83. The van der Waals surface area contributed by atoms with E-state index in [0.717, 1.165) is 24.1 Å². The van der Waals surface area contributed by atoms with E-state index in [4.69, 9.17) is 4.74 Å². The van der Waals surface area contributed by atoms with Crippen LogP contribution in [0.5, 0.6) is 0 Å². The number of nitrogens with one attached hydrogen (secondary N) is 1. The molecule has 1 aromatic heterocycles. The first-order chi connectivity index (χ1) is 12.1. The van der Waals surface area contributed by atoms with Crippen molar-refractivity contribution in [3.63, 3.8) is 0 Å². The molecule has 1 N–H and O–H groups in total. The molecular weight excluding hydrogens is 334 g/mol. The number of rotatable bonds is 5. The Bertz CT molecular complexity index is 781. The van der Waals surface area contributed by atoms with E-state index in [0.29, 0.717) is 10.8 Å². The highest BCUT2D eigenvalue weighted by Crippen LogP contribution is 2.33. The first-order valence-corrected chi connectivity index (χ1v) is 9.52. The lowest BCUT2D eigenvalue weighted by Gasteiger charge is -2.19. The van der Waals surface area contributed by atoms with E-state index in [-0.39, 0.29) is 12.5 Å². The SMILES string of the molecule is CC[C@H]1CCc2sc(C(=O)OCC(=O)Nc3ccccc3C)cc2C1. The summed E-state index contributed by atoms with van der Waals surface area (Å²) in [6, 6.07) is 9.46. The minimum Gasteiger partial charge on any atom is -0.451 e. The van der Waals surface area contributed by atoms with Crippen molar-refractivity contribution in [2.45, 2.75) is 39.5 Å². The topological polar surface area (TPSA) is 55.4 Å². The Morgan fingerprint density at radius 3 is 2.88 bits per heavy atom. The van der Waals surface area contributed by atoms with Crippen molar-refractivity contribution in [1.82, 2.24) is 0 Å². The Balaban J connectivity index is 1.55. The summed E-state index contributed by atoms with van der Waals surface area (Å²) in [5.74, 6) is -0.0201. The van der Waals surface area contributed by atoms with E-state index >= 15 is 0 Å². The van der Waals surface area contributed by atoms with Gasteiger partial charge in [0.15, 0.2) is 6.61 Å². The molecule has 5 heteroatoms. The first-order valence-electron chi connectivity index (χ1n) is 8.71. The maximum absolute atomic E-state index is 12.2. The summed E-state index contributed by atoms with van der Waals surface area (Å²) >= 11 is 1.51. The second-order valence-corrected chi connectivity index (χ2v) is 7.65. The lowest BCUT2D eigenvalue weighted by molar-refractivity contribution is -0.119. The van der Waals surface area contributed by atoms with Crippen molar-refractivity contribution in [2.75, 3.05) is 11.9 Å². The third-order valence-electron chi connectivity index (χ3n) is 4.72. The van der Waals surface area contributed by atoms with Gasteiger partial charge in [-0.05, 0) is 55.4 Å². The summed E-state index contributed by atoms with van der Waals surface area (Å²) in [7, 11) is 0. The number of ether oxygens (including phenoxy) is 1. The number of aryl methyl sites for hydroxylation is 2. The molecule has 3 rings (SSSR count). The van der Waals surface area contributed by atoms with Crippen LogP contribution in [0.4, 0.5) is 5.69 Å². The molecule has 0 radical (unpaired) electrons. The molecule has 1 atom stereocenters. The zero-order valence-electron chi connectivity index (χ0n) is 14.6. The molecule has 25 heavy (non-hydrogen) atoms. The molecule has 1 aliphatic carbocycles. The van der Waals surface area contributed by atoms with Crippen molar-refractivity contribution in [1.29, 1.82) is 0 Å². The molecule has 132 valence electrons. The molecule has 0 spiro atoms. The Morgan fingerprint density at radius 1 is 1.32 bits per heavy atom. The Labute approximate surface area is 152 Å². The summed E-state index contributed by atoms with van der Waals surface area (Å²) in [6.45, 7) is 3.86. The number of carbonyl (C=O) groups is 2. The molecular formula is C20H23NO3S. The molecule has 2 aromatic rings. The van der Waals surface area contributed by atoms with E-state index in [2.05, 4.69) is 12.2 Å². The molecule has 0 aliphatic heterocycles. The van der Waals surface area contributed by atoms with Crippen molar-refractivity contribution in [2.24, 2.45) is 5.92 Å². The van der Waals surface area contributed by atoms with E-state index in [1.165, 1.54) is 34.6 Å². The summed E-state index contributed by atoms with van der Waals surface area (Å²) in [5, 5.41) is 2.77. The first kappa shape index (κ1) is 17.7. The molecule has 0 saturated carbocycles. The number of benzene rings is 1. The minimum atomic E-state index is -0.410. The van der Waals surface area contributed by atoms with Gasteiger partial charge in [0.1, 0.15) is 4.88 Å². The maximum atomic E-state index is 12.2. The van der Waals surface area contributed by atoms with Crippen molar-refractivity contribution in [3.05, 3.63) is 51.2 Å². The Kier molecular flexibility index (Phi) is 5.53. The van der Waals surface area contributed by atoms with E-state index in [9.17, 15) is 9.59 Å². The van der Waals surface area contributed by atoms with Crippen LogP contribution in [0.15, 0.2) is 30.3 Å². The molecule has 1 amide bonds. The van der Waals surface area contributed by atoms with Crippen LogP contribution in [0.3, 0.4) is 0 Å². The van der Waals surface area contributed by atoms with E-state index in [1.54, 1.807) is 0 Å². The van der Waals surface area contributed by atoms with Gasteiger partial charge < -0.3 is 10.1 Å². The van der Waals surface area contributed by atoms with Crippen LogP contribution in [0.1, 0.15) is 45.4 Å². The molecule has 1 aromatic carbocycles. The van der Waals surface area contributed by atoms with Crippen molar-refractivity contribution in [3.8, 4) is 0 Å². The summed E-state index contributed by atoms with van der Waals surface area (Å²) in [4.78, 5) is 26.1. The highest BCUT2D eigenvalue weighted by atomic mass is 32.1. The van der Waals surface area contributed by atoms with Crippen LogP contribution in [0.25, 0.3) is 0 Å². The predicted octanol–water partition coefficient (Wildman–Crippen LogP) is 4.37. The van der Waals surface area contributed by atoms with Crippen LogP contribution >= 0.6 is 11.3 Å². The summed E-state index contributed by atoms with van der Waals surface area (Å²) < 4.78 is 5.19. The Morgan fingerprint density at radius 2 is 2.12 bits per heavy atom. The molecule has 0 fully saturated rings. The molecule has 0 unspecified atom stereocenters. The van der Waals surface area contributed by atoms with E-state index < -0.39 is 5.97 Å². The van der Waals surface area contributed by atoms with Gasteiger partial charge in [0, 0.05) is 10.6 Å². The zero-order valence-corrected chi connectivity index (χ0v) is 15.4. The largest absolute Gasteiger partial charge is 0.451 e. The fraction of sp³-hybridized carbons (Fsp3) is 0.400. The molecule has 4 nitrogen and oxygen atoms in total. The van der Waals surface area contributed by atoms with Gasteiger partial charge in [-0.25, -0.2) is 4.79 Å². The molecule has 1 aliphatic rings. The average Bonchev–Trinajstić information content (AvgIpc) is 3.04. The van der Waals surface area contributed by atoms with Crippen molar-refractivity contribution >= 4 is 28.9 Å². The third kappa shape index (κ3) is 4.28. The van der Waals surface area contributed by atoms with Gasteiger partial charge in [0.05, 0.1) is 0 Å². The smallest absolute Gasteiger partial charge is 0.348 e. The maximum Gasteiger partial charge on any atom is 0.348 e. The summed E-state index contributed by atoms with van der Waals surface area (Å²) in [5.41, 5.74) is 2.98.